The Labute approximate surface area is 161 Å². The summed E-state index contributed by atoms with van der Waals surface area (Å²) in [6.45, 7) is 17.6. The van der Waals surface area contributed by atoms with Gasteiger partial charge in [0.2, 0.25) is 5.88 Å². The van der Waals surface area contributed by atoms with Gasteiger partial charge in [-0.2, -0.15) is 0 Å². The van der Waals surface area contributed by atoms with Crippen molar-refractivity contribution in [3.8, 4) is 17.0 Å². The van der Waals surface area contributed by atoms with Crippen LogP contribution in [-0.2, 0) is 21.1 Å². The minimum absolute atomic E-state index is 0. The number of rotatable bonds is 4. The van der Waals surface area contributed by atoms with Gasteiger partial charge in [-0.05, 0) is 75.3 Å². The second-order valence-corrected chi connectivity index (χ2v) is 7.10. The maximum atomic E-state index is 5.68. The van der Waals surface area contributed by atoms with Crippen LogP contribution < -0.4 is 4.74 Å². The summed E-state index contributed by atoms with van der Waals surface area (Å²) in [5, 5.41) is 4.76. The van der Waals surface area contributed by atoms with E-state index in [1.54, 1.807) is 7.11 Å². The van der Waals surface area contributed by atoms with Gasteiger partial charge in [0.25, 0.3) is 0 Å². The first-order chi connectivity index (χ1) is 10.7. The molecule has 0 aliphatic rings. The summed E-state index contributed by atoms with van der Waals surface area (Å²) in [4.78, 5) is 0. The molecule has 0 aliphatic carbocycles. The van der Waals surface area contributed by atoms with Crippen LogP contribution in [0.3, 0.4) is 0 Å². The van der Waals surface area contributed by atoms with Gasteiger partial charge >= 0.3 is 0 Å². The van der Waals surface area contributed by atoms with Crippen LogP contribution in [0.5, 0.6) is 5.88 Å². The van der Waals surface area contributed by atoms with Crippen LogP contribution in [0.15, 0.2) is 6.07 Å². The van der Waals surface area contributed by atoms with E-state index in [1.165, 1.54) is 33.5 Å². The largest absolute Gasteiger partial charge is 0.479 e. The molecule has 1 heterocycles. The number of hydrogen-bond donors (Lipinski definition) is 0. The van der Waals surface area contributed by atoms with Crippen molar-refractivity contribution in [3.05, 3.63) is 34.0 Å². The molecule has 0 saturated heterocycles. The van der Waals surface area contributed by atoms with E-state index in [0.29, 0.717) is 12.0 Å². The van der Waals surface area contributed by atoms with Gasteiger partial charge in [0.15, 0.2) is 0 Å². The zero-order valence-electron chi connectivity index (χ0n) is 16.4. The molecule has 2 aromatic rings. The zero-order chi connectivity index (χ0) is 17.5. The van der Waals surface area contributed by atoms with E-state index in [4.69, 9.17) is 9.84 Å². The number of methoxy groups -OCH3 is 1. The van der Waals surface area contributed by atoms with Gasteiger partial charge in [-0.15, -0.1) is 5.10 Å². The third-order valence-electron chi connectivity index (χ3n) is 4.76. The van der Waals surface area contributed by atoms with Crippen LogP contribution in [0.1, 0.15) is 67.6 Å². The molecule has 0 saturated carbocycles. The van der Waals surface area contributed by atoms with Gasteiger partial charge in [0.1, 0.15) is 0 Å². The number of aromatic nitrogens is 2. The fraction of sp³-hybridized carbons (Fsp3) is 0.550. The summed E-state index contributed by atoms with van der Waals surface area (Å²) in [6.07, 6.45) is 0. The Balaban J connectivity index is 0.00000288. The van der Waals surface area contributed by atoms with Crippen molar-refractivity contribution in [1.29, 1.82) is 0 Å². The minimum atomic E-state index is 0. The number of benzene rings is 1. The monoisotopic (exact) mass is 509 g/mol. The Morgan fingerprint density at radius 1 is 0.917 bits per heavy atom. The smallest absolute Gasteiger partial charge is 0.240 e. The number of nitrogens with zero attached hydrogens (tertiary/aromatic N) is 2. The van der Waals surface area contributed by atoms with Crippen LogP contribution in [-0.4, -0.2) is 16.9 Å². The minimum Gasteiger partial charge on any atom is -0.479 e. The summed E-state index contributed by atoms with van der Waals surface area (Å²) in [6, 6.07) is 2.57. The Morgan fingerprint density at radius 3 is 1.79 bits per heavy atom. The van der Waals surface area contributed by atoms with Gasteiger partial charge in [0, 0.05) is 27.1 Å². The molecular formula is C20H30N2OPt. The quantitative estimate of drug-likeness (QED) is 0.545. The fourth-order valence-electron chi connectivity index (χ4n) is 3.34. The summed E-state index contributed by atoms with van der Waals surface area (Å²) in [7, 11) is 1.72. The molecule has 136 valence electrons. The molecule has 0 amide bonds. The fourth-order valence-corrected chi connectivity index (χ4v) is 3.34. The maximum absolute atomic E-state index is 5.68. The van der Waals surface area contributed by atoms with Crippen molar-refractivity contribution in [3.63, 3.8) is 0 Å². The Hall–Kier alpha value is -1.08. The van der Waals surface area contributed by atoms with E-state index < -0.39 is 0 Å². The molecule has 0 radical (unpaired) electrons. The molecule has 4 heteroatoms. The Bertz CT molecular complexity index is 704. The molecule has 0 aliphatic heterocycles. The second kappa shape index (κ2) is 7.87. The third kappa shape index (κ3) is 3.47. The average Bonchev–Trinajstić information content (AvgIpc) is 2.85. The molecule has 0 bridgehead atoms. The van der Waals surface area contributed by atoms with Crippen LogP contribution >= 0.6 is 0 Å². The number of hydrogen-bond acceptors (Lipinski definition) is 2. The van der Waals surface area contributed by atoms with Crippen molar-refractivity contribution in [1.82, 2.24) is 9.78 Å². The van der Waals surface area contributed by atoms with Crippen molar-refractivity contribution in [2.45, 2.75) is 67.3 Å². The zero-order valence-corrected chi connectivity index (χ0v) is 18.6. The number of aryl methyl sites for hydroxylation is 2. The van der Waals surface area contributed by atoms with Crippen molar-refractivity contribution in [2.24, 2.45) is 0 Å². The predicted octanol–water partition coefficient (Wildman–Crippen LogP) is 5.49. The Kier molecular flexibility index (Phi) is 6.87. The van der Waals surface area contributed by atoms with E-state index in [-0.39, 0.29) is 21.1 Å². The van der Waals surface area contributed by atoms with Gasteiger partial charge in [-0.3, -0.25) is 4.68 Å². The summed E-state index contributed by atoms with van der Waals surface area (Å²) in [5.74, 6) is 1.11. The van der Waals surface area contributed by atoms with Gasteiger partial charge in [-0.1, -0.05) is 19.9 Å². The molecule has 0 N–H and O–H groups in total. The van der Waals surface area contributed by atoms with E-state index in [0.717, 1.165) is 11.4 Å². The third-order valence-corrected chi connectivity index (χ3v) is 4.76. The normalized spacial score (nSPS) is 11.1. The molecule has 0 atom stereocenters. The van der Waals surface area contributed by atoms with E-state index in [9.17, 15) is 0 Å². The summed E-state index contributed by atoms with van der Waals surface area (Å²) < 4.78 is 7.80. The predicted molar refractivity (Wildman–Crippen MR) is 97.6 cm³/mol. The summed E-state index contributed by atoms with van der Waals surface area (Å²) in [5.41, 5.74) is 8.98. The van der Waals surface area contributed by atoms with E-state index in [2.05, 4.69) is 66.1 Å². The van der Waals surface area contributed by atoms with Crippen molar-refractivity contribution in [2.75, 3.05) is 7.11 Å². The molecule has 24 heavy (non-hydrogen) atoms. The van der Waals surface area contributed by atoms with Crippen molar-refractivity contribution < 1.29 is 25.8 Å². The first-order valence-corrected chi connectivity index (χ1v) is 8.44. The first kappa shape index (κ1) is 21.0. The van der Waals surface area contributed by atoms with Crippen LogP contribution in [0.25, 0.3) is 11.1 Å². The van der Waals surface area contributed by atoms with Crippen LogP contribution in [0.2, 0.25) is 0 Å². The molecule has 0 fully saturated rings. The van der Waals surface area contributed by atoms with E-state index >= 15 is 0 Å². The molecule has 2 rings (SSSR count). The second-order valence-electron chi connectivity index (χ2n) is 7.10. The van der Waals surface area contributed by atoms with Crippen molar-refractivity contribution >= 4 is 0 Å². The van der Waals surface area contributed by atoms with Gasteiger partial charge in [-0.25, -0.2) is 0 Å². The van der Waals surface area contributed by atoms with Gasteiger partial charge in [0.05, 0.1) is 18.4 Å². The summed E-state index contributed by atoms with van der Waals surface area (Å²) >= 11 is 0. The molecule has 0 unspecified atom stereocenters. The topological polar surface area (TPSA) is 27.1 Å². The molecule has 1 aromatic heterocycles. The average molecular weight is 510 g/mol. The van der Waals surface area contributed by atoms with Crippen LogP contribution in [0.4, 0.5) is 0 Å². The Morgan fingerprint density at radius 2 is 1.42 bits per heavy atom. The number of ether oxygens (including phenoxy) is 1. The standard InChI is InChI=1S/C20H30N2O.Pt/c1-11(2)19-18(20(23-9)21-22(19)12(3)4)17-15(7)13(5)10-14(6)16(17)8;/h10-12H,1-9H3;. The molecule has 0 spiro atoms. The van der Waals surface area contributed by atoms with E-state index in [1.807, 2.05) is 0 Å². The molecular weight excluding hydrogens is 479 g/mol. The molecule has 1 aromatic carbocycles. The SMILES string of the molecule is COc1nn(C(C)C)c(C(C)C)c1-c1c(C)c(C)cc(C)c1C.[Pt]. The maximum Gasteiger partial charge on any atom is 0.240 e. The van der Waals surface area contributed by atoms with Crippen LogP contribution in [0, 0.1) is 27.7 Å². The molecule has 3 nitrogen and oxygen atoms in total. The van der Waals surface area contributed by atoms with Gasteiger partial charge < -0.3 is 4.74 Å². The first-order valence-electron chi connectivity index (χ1n) is 8.44.